The number of nitrogens with one attached hydrogen (secondary N) is 1. The predicted octanol–water partition coefficient (Wildman–Crippen LogP) is -0.203. The van der Waals surface area contributed by atoms with Crippen molar-refractivity contribution in [2.75, 3.05) is 0 Å². The summed E-state index contributed by atoms with van der Waals surface area (Å²) in [6.45, 7) is 1.94. The third-order valence-corrected chi connectivity index (χ3v) is 2.46. The first-order chi connectivity index (χ1) is 8.61. The van der Waals surface area contributed by atoms with Crippen molar-refractivity contribution in [1.29, 1.82) is 0 Å². The van der Waals surface area contributed by atoms with Gasteiger partial charge in [-0.2, -0.15) is 0 Å². The number of carbonyl (C=O) groups is 1. The molecular formula is C11H12N4O3. The fraction of sp³-hybridized carbons (Fsp3) is 0.182. The van der Waals surface area contributed by atoms with Crippen molar-refractivity contribution in [3.63, 3.8) is 0 Å². The molecule has 7 nitrogen and oxygen atoms in total. The summed E-state index contributed by atoms with van der Waals surface area (Å²) >= 11 is 0. The Bertz CT molecular complexity index is 629. The van der Waals surface area contributed by atoms with Gasteiger partial charge in [0.05, 0.1) is 6.54 Å². The quantitative estimate of drug-likeness (QED) is 0.444. The predicted molar refractivity (Wildman–Crippen MR) is 62.7 cm³/mol. The van der Waals surface area contributed by atoms with Crippen LogP contribution in [0.1, 0.15) is 21.8 Å². The molecule has 0 aliphatic rings. The van der Waals surface area contributed by atoms with Gasteiger partial charge in [0.15, 0.2) is 11.5 Å². The molecule has 0 saturated carbocycles. The molecule has 2 aromatic rings. The second-order valence-corrected chi connectivity index (χ2v) is 3.78. The van der Waals surface area contributed by atoms with Crippen LogP contribution in [0.25, 0.3) is 0 Å². The highest BCUT2D eigenvalue weighted by atomic mass is 16.5. The second kappa shape index (κ2) is 4.84. The summed E-state index contributed by atoms with van der Waals surface area (Å²) in [4.78, 5) is 22.9. The highest BCUT2D eigenvalue weighted by Gasteiger charge is 2.11. The number of amides is 1. The molecule has 3 N–H and O–H groups in total. The number of nitrogens with two attached hydrogens (primary N) is 1. The number of hydrogen-bond acceptors (Lipinski definition) is 5. The molecule has 0 bridgehead atoms. The first kappa shape index (κ1) is 12.1. The molecule has 0 unspecified atom stereocenters. The van der Waals surface area contributed by atoms with E-state index >= 15 is 0 Å². The fourth-order valence-electron chi connectivity index (χ4n) is 1.52. The monoisotopic (exact) mass is 248 g/mol. The summed E-state index contributed by atoms with van der Waals surface area (Å²) < 4.78 is 6.43. The van der Waals surface area contributed by atoms with Crippen molar-refractivity contribution >= 4 is 5.91 Å². The highest BCUT2D eigenvalue weighted by molar-refractivity contribution is 5.91. The van der Waals surface area contributed by atoms with E-state index in [0.717, 1.165) is 0 Å². The lowest BCUT2D eigenvalue weighted by Gasteiger charge is -2.02. The summed E-state index contributed by atoms with van der Waals surface area (Å²) in [6.07, 6.45) is 1.64. The van der Waals surface area contributed by atoms with E-state index in [9.17, 15) is 9.59 Å². The van der Waals surface area contributed by atoms with E-state index in [4.69, 9.17) is 10.4 Å². The van der Waals surface area contributed by atoms with Gasteiger partial charge in [-0.25, -0.2) is 5.84 Å². The molecule has 94 valence electrons. The normalized spacial score (nSPS) is 10.3. The van der Waals surface area contributed by atoms with Crippen LogP contribution in [0.4, 0.5) is 0 Å². The van der Waals surface area contributed by atoms with Crippen LogP contribution in [0.2, 0.25) is 0 Å². The molecule has 2 aromatic heterocycles. The summed E-state index contributed by atoms with van der Waals surface area (Å²) in [7, 11) is 0. The van der Waals surface area contributed by atoms with Crippen LogP contribution < -0.4 is 16.8 Å². The van der Waals surface area contributed by atoms with Gasteiger partial charge in [0.25, 0.3) is 11.5 Å². The standard InChI is InChI=1S/C11H12N4O3/c1-7-3-2-4-15(11(7)17)6-8-5-9(14-18-8)10(16)13-12/h2-5H,6,12H2,1H3,(H,13,16). The first-order valence-corrected chi connectivity index (χ1v) is 5.24. The van der Waals surface area contributed by atoms with Crippen LogP contribution >= 0.6 is 0 Å². The van der Waals surface area contributed by atoms with Crippen LogP contribution in [0.5, 0.6) is 0 Å². The molecule has 0 radical (unpaired) electrons. The SMILES string of the molecule is Cc1cccn(Cc2cc(C(=O)NN)no2)c1=O. The van der Waals surface area contributed by atoms with E-state index in [1.54, 1.807) is 25.3 Å². The number of nitrogen functional groups attached to an aromatic ring is 1. The van der Waals surface area contributed by atoms with Gasteiger partial charge in [0, 0.05) is 17.8 Å². The Balaban J connectivity index is 2.24. The Hall–Kier alpha value is -2.41. The third kappa shape index (κ3) is 2.30. The van der Waals surface area contributed by atoms with Crippen molar-refractivity contribution in [2.45, 2.75) is 13.5 Å². The minimum Gasteiger partial charge on any atom is -0.359 e. The number of nitrogens with zero attached hydrogens (tertiary/aromatic N) is 2. The molecule has 1 amide bonds. The Kier molecular flexibility index (Phi) is 3.24. The topological polar surface area (TPSA) is 103 Å². The van der Waals surface area contributed by atoms with Gasteiger partial charge in [0.1, 0.15) is 0 Å². The zero-order chi connectivity index (χ0) is 13.1. The smallest absolute Gasteiger partial charge is 0.287 e. The summed E-state index contributed by atoms with van der Waals surface area (Å²) in [5.74, 6) is 4.84. The maximum absolute atomic E-state index is 11.8. The summed E-state index contributed by atoms with van der Waals surface area (Å²) in [5, 5.41) is 3.55. The van der Waals surface area contributed by atoms with Crippen molar-refractivity contribution in [3.8, 4) is 0 Å². The minimum atomic E-state index is -0.540. The zero-order valence-corrected chi connectivity index (χ0v) is 9.71. The molecule has 0 fully saturated rings. The third-order valence-electron chi connectivity index (χ3n) is 2.46. The fourth-order valence-corrected chi connectivity index (χ4v) is 1.52. The van der Waals surface area contributed by atoms with E-state index in [-0.39, 0.29) is 17.8 Å². The first-order valence-electron chi connectivity index (χ1n) is 5.24. The van der Waals surface area contributed by atoms with E-state index in [1.165, 1.54) is 10.6 Å². The van der Waals surface area contributed by atoms with Crippen LogP contribution in [0.15, 0.2) is 33.7 Å². The molecule has 0 saturated heterocycles. The van der Waals surface area contributed by atoms with Gasteiger partial charge in [-0.05, 0) is 13.0 Å². The molecular weight excluding hydrogens is 236 g/mol. The van der Waals surface area contributed by atoms with E-state index in [1.807, 2.05) is 5.43 Å². The van der Waals surface area contributed by atoms with Crippen LogP contribution in [0, 0.1) is 6.92 Å². The van der Waals surface area contributed by atoms with Crippen molar-refractivity contribution < 1.29 is 9.32 Å². The van der Waals surface area contributed by atoms with E-state index in [0.29, 0.717) is 11.3 Å². The Labute approximate surface area is 102 Å². The van der Waals surface area contributed by atoms with Gasteiger partial charge in [0.2, 0.25) is 0 Å². The van der Waals surface area contributed by atoms with Gasteiger partial charge in [-0.1, -0.05) is 11.2 Å². The number of hydrazine groups is 1. The Morgan fingerprint density at radius 2 is 2.39 bits per heavy atom. The average molecular weight is 248 g/mol. The minimum absolute atomic E-state index is 0.0770. The number of pyridine rings is 1. The highest BCUT2D eigenvalue weighted by Crippen LogP contribution is 2.05. The van der Waals surface area contributed by atoms with Crippen LogP contribution in [0.3, 0.4) is 0 Å². The Morgan fingerprint density at radius 1 is 1.61 bits per heavy atom. The lowest BCUT2D eigenvalue weighted by atomic mass is 10.3. The molecule has 7 heteroatoms. The largest absolute Gasteiger partial charge is 0.359 e. The number of aryl methyl sites for hydroxylation is 1. The molecule has 0 aliphatic heterocycles. The molecule has 0 atom stereocenters. The van der Waals surface area contributed by atoms with E-state index in [2.05, 4.69) is 5.16 Å². The summed E-state index contributed by atoms with van der Waals surface area (Å²) in [6, 6.07) is 4.93. The van der Waals surface area contributed by atoms with Crippen molar-refractivity contribution in [3.05, 3.63) is 51.8 Å². The molecule has 0 spiro atoms. The number of aromatic nitrogens is 2. The van der Waals surface area contributed by atoms with Gasteiger partial charge >= 0.3 is 0 Å². The average Bonchev–Trinajstić information content (AvgIpc) is 2.82. The van der Waals surface area contributed by atoms with Gasteiger partial charge in [-0.15, -0.1) is 0 Å². The maximum Gasteiger partial charge on any atom is 0.287 e. The van der Waals surface area contributed by atoms with Gasteiger partial charge < -0.3 is 9.09 Å². The van der Waals surface area contributed by atoms with Gasteiger partial charge in [-0.3, -0.25) is 15.0 Å². The molecule has 18 heavy (non-hydrogen) atoms. The molecule has 0 aromatic carbocycles. The van der Waals surface area contributed by atoms with Crippen molar-refractivity contribution in [1.82, 2.24) is 15.1 Å². The number of carbonyl (C=O) groups excluding carboxylic acids is 1. The molecule has 2 heterocycles. The van der Waals surface area contributed by atoms with Crippen molar-refractivity contribution in [2.24, 2.45) is 5.84 Å². The maximum atomic E-state index is 11.8. The van der Waals surface area contributed by atoms with E-state index < -0.39 is 5.91 Å². The lowest BCUT2D eigenvalue weighted by molar-refractivity contribution is 0.0944. The molecule has 2 rings (SSSR count). The van der Waals surface area contributed by atoms with Crippen LogP contribution in [-0.2, 0) is 6.54 Å². The summed E-state index contributed by atoms with van der Waals surface area (Å²) in [5.41, 5.74) is 2.55. The Morgan fingerprint density at radius 3 is 3.11 bits per heavy atom. The second-order valence-electron chi connectivity index (χ2n) is 3.78. The lowest BCUT2D eigenvalue weighted by Crippen LogP contribution is -2.30. The number of rotatable bonds is 3. The van der Waals surface area contributed by atoms with Crippen LogP contribution in [-0.4, -0.2) is 15.6 Å². The zero-order valence-electron chi connectivity index (χ0n) is 9.71. The molecule has 0 aliphatic carbocycles. The number of hydrogen-bond donors (Lipinski definition) is 2.